The molecule has 14 heteroatoms. The maximum Gasteiger partial charge on any atom is 0.266 e. The van der Waals surface area contributed by atoms with Crippen molar-refractivity contribution in [2.75, 3.05) is 5.32 Å². The van der Waals surface area contributed by atoms with Gasteiger partial charge in [-0.3, -0.25) is 29.4 Å². The van der Waals surface area contributed by atoms with Gasteiger partial charge < -0.3 is 19.2 Å². The number of amides is 4. The summed E-state index contributed by atoms with van der Waals surface area (Å²) in [5, 5.41) is 13.5. The van der Waals surface area contributed by atoms with Crippen molar-refractivity contribution in [1.82, 2.24) is 30.4 Å². The van der Waals surface area contributed by atoms with Gasteiger partial charge in [0.05, 0.1) is 11.1 Å². The van der Waals surface area contributed by atoms with Crippen LogP contribution in [-0.2, 0) is 15.0 Å². The van der Waals surface area contributed by atoms with E-state index in [-0.39, 0.29) is 41.5 Å². The number of imide groups is 2. The molecule has 53 heavy (non-hydrogen) atoms. The molecule has 5 aromatic rings. The minimum atomic E-state index is -0.991. The number of carbonyl (C=O) groups excluding carboxylic acids is 4. The smallest absolute Gasteiger partial charge is 0.266 e. The first-order valence-corrected chi connectivity index (χ1v) is 17.3. The summed E-state index contributed by atoms with van der Waals surface area (Å²) < 4.78 is 17.7. The Labute approximate surface area is 303 Å². The summed E-state index contributed by atoms with van der Waals surface area (Å²) >= 11 is 0. The maximum atomic E-state index is 13.2. The van der Waals surface area contributed by atoms with E-state index in [1.165, 1.54) is 6.33 Å². The third-order valence-corrected chi connectivity index (χ3v) is 9.97. The van der Waals surface area contributed by atoms with Gasteiger partial charge in [0.1, 0.15) is 35.7 Å². The van der Waals surface area contributed by atoms with Gasteiger partial charge >= 0.3 is 0 Å². The molecule has 0 spiro atoms. The SMILES string of the molecule is Cc1nnc(-c2cc(Oc3ccc(C(C)(C)c4ccc(O[C@H]5C[C@H](Nc6ccc7c(c6)C(=O)N(C6CCC(=O)NC6=O)C7=O)C5)cc4)cc3)ncn2)o1. The minimum Gasteiger partial charge on any atom is -0.490 e. The van der Waals surface area contributed by atoms with Crippen LogP contribution in [0.3, 0.4) is 0 Å². The van der Waals surface area contributed by atoms with E-state index in [4.69, 9.17) is 13.9 Å². The predicted molar refractivity (Wildman–Crippen MR) is 189 cm³/mol. The number of aromatic nitrogens is 4. The standard InChI is InChI=1S/C39H35N7O7/c1-21-44-45-36(51-21)31-19-34(41-20-40-31)53-27-11-6-23(7-12-27)39(2,3)22-4-9-26(10-5-22)52-28-16-25(17-28)42-24-8-13-29-30(18-24)38(50)46(37(29)49)32-14-15-33(47)43-35(32)48/h4-13,18-20,25,28,32,42H,14-17H2,1-3H3,(H,43,47,48)/t25-,28-,32?. The molecular weight excluding hydrogens is 678 g/mol. The molecule has 14 nitrogen and oxygen atoms in total. The Morgan fingerprint density at radius 3 is 2.23 bits per heavy atom. The quantitative estimate of drug-likeness (QED) is 0.177. The fraction of sp³-hybridized carbons (Fsp3) is 0.282. The van der Waals surface area contributed by atoms with Crippen LogP contribution in [0.2, 0.25) is 0 Å². The number of anilines is 1. The van der Waals surface area contributed by atoms with Gasteiger partial charge in [-0.05, 0) is 60.0 Å². The zero-order valence-corrected chi connectivity index (χ0v) is 29.2. The van der Waals surface area contributed by atoms with E-state index in [1.54, 1.807) is 31.2 Å². The first-order chi connectivity index (χ1) is 25.5. The number of hydrogen-bond donors (Lipinski definition) is 2. The van der Waals surface area contributed by atoms with Crippen LogP contribution in [0.1, 0.15) is 77.3 Å². The highest BCUT2D eigenvalue weighted by molar-refractivity contribution is 6.23. The molecule has 2 aromatic heterocycles. The predicted octanol–water partition coefficient (Wildman–Crippen LogP) is 5.38. The number of benzene rings is 3. The molecule has 1 saturated carbocycles. The fourth-order valence-electron chi connectivity index (χ4n) is 6.86. The van der Waals surface area contributed by atoms with Crippen LogP contribution in [0.5, 0.6) is 17.4 Å². The van der Waals surface area contributed by atoms with Crippen LogP contribution in [0.25, 0.3) is 11.6 Å². The van der Waals surface area contributed by atoms with Crippen molar-refractivity contribution in [2.24, 2.45) is 0 Å². The summed E-state index contributed by atoms with van der Waals surface area (Å²) in [6.07, 6.45) is 3.15. The van der Waals surface area contributed by atoms with Crippen LogP contribution in [0.4, 0.5) is 5.69 Å². The Hall–Kier alpha value is -6.44. The summed E-state index contributed by atoms with van der Waals surface area (Å²) in [7, 11) is 0. The Morgan fingerprint density at radius 1 is 0.849 bits per heavy atom. The van der Waals surface area contributed by atoms with Gasteiger partial charge in [-0.15, -0.1) is 10.2 Å². The van der Waals surface area contributed by atoms with Crippen LogP contribution < -0.4 is 20.1 Å². The molecule has 0 radical (unpaired) electrons. The van der Waals surface area contributed by atoms with E-state index in [2.05, 4.69) is 56.8 Å². The van der Waals surface area contributed by atoms with Gasteiger partial charge in [0, 0.05) is 49.4 Å². The lowest BCUT2D eigenvalue weighted by Crippen LogP contribution is -2.54. The number of nitrogens with one attached hydrogen (secondary N) is 2. The molecule has 4 amide bonds. The summed E-state index contributed by atoms with van der Waals surface area (Å²) in [4.78, 5) is 59.5. The van der Waals surface area contributed by atoms with E-state index in [0.717, 1.165) is 34.6 Å². The van der Waals surface area contributed by atoms with Crippen molar-refractivity contribution in [3.63, 3.8) is 0 Å². The second-order valence-corrected chi connectivity index (χ2v) is 13.9. The maximum absolute atomic E-state index is 13.2. The van der Waals surface area contributed by atoms with Gasteiger partial charge in [-0.2, -0.15) is 0 Å². The molecule has 3 aliphatic rings. The Bertz CT molecular complexity index is 2250. The Balaban J connectivity index is 0.839. The van der Waals surface area contributed by atoms with Crippen LogP contribution >= 0.6 is 0 Å². The zero-order valence-electron chi connectivity index (χ0n) is 29.2. The topological polar surface area (TPSA) is 179 Å². The van der Waals surface area contributed by atoms with Gasteiger partial charge in [0.2, 0.25) is 23.6 Å². The fourth-order valence-corrected chi connectivity index (χ4v) is 6.86. The minimum absolute atomic E-state index is 0.0293. The van der Waals surface area contributed by atoms with Crippen molar-refractivity contribution in [1.29, 1.82) is 0 Å². The van der Waals surface area contributed by atoms with Crippen molar-refractivity contribution in [3.05, 3.63) is 107 Å². The second-order valence-electron chi connectivity index (χ2n) is 13.9. The van der Waals surface area contributed by atoms with Crippen LogP contribution in [0, 0.1) is 6.92 Å². The number of nitrogens with zero attached hydrogens (tertiary/aromatic N) is 5. The number of ether oxygens (including phenoxy) is 2. The highest BCUT2D eigenvalue weighted by atomic mass is 16.5. The first kappa shape index (κ1) is 33.7. The molecular formula is C39H35N7O7. The summed E-state index contributed by atoms with van der Waals surface area (Å²) in [6.45, 7) is 6.04. The molecule has 1 saturated heterocycles. The van der Waals surface area contributed by atoms with Gasteiger partial charge in [0.25, 0.3) is 17.7 Å². The number of piperidine rings is 1. The lowest BCUT2D eigenvalue weighted by molar-refractivity contribution is -0.136. The summed E-state index contributed by atoms with van der Waals surface area (Å²) in [5.41, 5.74) is 3.64. The number of hydrogen-bond acceptors (Lipinski definition) is 12. The number of fused-ring (bicyclic) bond motifs is 1. The van der Waals surface area contributed by atoms with Crippen molar-refractivity contribution < 1.29 is 33.1 Å². The van der Waals surface area contributed by atoms with E-state index in [0.29, 0.717) is 34.8 Å². The number of carbonyl (C=O) groups is 4. The summed E-state index contributed by atoms with van der Waals surface area (Å²) in [6, 6.07) is 21.8. The van der Waals surface area contributed by atoms with E-state index < -0.39 is 29.7 Å². The second kappa shape index (κ2) is 13.3. The van der Waals surface area contributed by atoms with Gasteiger partial charge in [0.15, 0.2) is 0 Å². The molecule has 1 unspecified atom stereocenters. The molecule has 3 aromatic carbocycles. The average Bonchev–Trinajstić information content (AvgIpc) is 3.67. The Kier molecular flexibility index (Phi) is 8.44. The van der Waals surface area contributed by atoms with E-state index in [1.807, 2.05) is 36.4 Å². The molecule has 1 atom stereocenters. The lowest BCUT2D eigenvalue weighted by atomic mass is 9.78. The largest absolute Gasteiger partial charge is 0.490 e. The highest BCUT2D eigenvalue weighted by Crippen LogP contribution is 2.36. The van der Waals surface area contributed by atoms with Crippen molar-refractivity contribution >= 4 is 29.3 Å². The van der Waals surface area contributed by atoms with Crippen molar-refractivity contribution in [2.45, 2.75) is 70.1 Å². The molecule has 2 aliphatic heterocycles. The third-order valence-electron chi connectivity index (χ3n) is 9.97. The molecule has 8 rings (SSSR count). The van der Waals surface area contributed by atoms with Crippen LogP contribution in [-0.4, -0.2) is 66.9 Å². The zero-order chi connectivity index (χ0) is 36.9. The van der Waals surface area contributed by atoms with Gasteiger partial charge in [-0.25, -0.2) is 9.97 Å². The normalized spacial score (nSPS) is 19.8. The van der Waals surface area contributed by atoms with E-state index >= 15 is 0 Å². The molecule has 1 aliphatic carbocycles. The number of aryl methyl sites for hydroxylation is 1. The summed E-state index contributed by atoms with van der Waals surface area (Å²) in [5.74, 6) is 0.438. The van der Waals surface area contributed by atoms with Gasteiger partial charge in [-0.1, -0.05) is 38.1 Å². The molecule has 4 heterocycles. The van der Waals surface area contributed by atoms with Crippen molar-refractivity contribution in [3.8, 4) is 29.0 Å². The van der Waals surface area contributed by atoms with E-state index in [9.17, 15) is 19.2 Å². The first-order valence-electron chi connectivity index (χ1n) is 17.3. The molecule has 268 valence electrons. The number of rotatable bonds is 10. The average molecular weight is 714 g/mol. The lowest BCUT2D eigenvalue weighted by Gasteiger charge is -2.36. The van der Waals surface area contributed by atoms with Crippen LogP contribution in [0.15, 0.2) is 83.5 Å². The monoisotopic (exact) mass is 713 g/mol. The molecule has 2 N–H and O–H groups in total. The highest BCUT2D eigenvalue weighted by Gasteiger charge is 2.45. The Morgan fingerprint density at radius 2 is 1.55 bits per heavy atom. The third kappa shape index (κ3) is 6.59. The molecule has 2 fully saturated rings. The molecule has 0 bridgehead atoms.